The van der Waals surface area contributed by atoms with Gasteiger partial charge in [-0.2, -0.15) is 0 Å². The Kier molecular flexibility index (Phi) is 8.10. The van der Waals surface area contributed by atoms with Crippen LogP contribution < -0.4 is 0 Å². The Hall–Kier alpha value is -5.57. The van der Waals surface area contributed by atoms with E-state index in [1.807, 2.05) is 56.7 Å². The van der Waals surface area contributed by atoms with E-state index in [1.54, 1.807) is 0 Å². The zero-order chi connectivity index (χ0) is 40.5. The maximum absolute atomic E-state index is 2.54. The van der Waals surface area contributed by atoms with E-state index in [9.17, 15) is 0 Å². The molecule has 292 valence electrons. The van der Waals surface area contributed by atoms with Crippen molar-refractivity contribution in [1.82, 2.24) is 0 Å². The Morgan fingerprint density at radius 3 is 1.48 bits per heavy atom. The molecule has 0 spiro atoms. The second kappa shape index (κ2) is 14.0. The highest BCUT2D eigenvalue weighted by Gasteiger charge is 2.34. The molecule has 2 atom stereocenters. The summed E-state index contributed by atoms with van der Waals surface area (Å²) in [5.74, 6) is 0.383. The second-order valence-electron chi connectivity index (χ2n) is 16.3. The third kappa shape index (κ3) is 5.61. The Bertz CT molecular complexity index is 3850. The number of rotatable bonds is 5. The number of thiophene rings is 5. The van der Waals surface area contributed by atoms with E-state index in [1.165, 1.54) is 124 Å². The molecule has 1 aliphatic carbocycles. The third-order valence-corrected chi connectivity index (χ3v) is 20.5. The average molecular weight is 897 g/mol. The van der Waals surface area contributed by atoms with Crippen LogP contribution in [0.4, 0.5) is 0 Å². The number of hydrogen-bond donors (Lipinski definition) is 0. The molecule has 0 nitrogen and oxygen atoms in total. The van der Waals surface area contributed by atoms with Gasteiger partial charge in [-0.1, -0.05) is 121 Å². The van der Waals surface area contributed by atoms with E-state index in [4.69, 9.17) is 0 Å². The van der Waals surface area contributed by atoms with Crippen molar-refractivity contribution in [3.63, 3.8) is 0 Å². The lowest BCUT2D eigenvalue weighted by molar-refractivity contribution is 0.888. The highest BCUT2D eigenvalue weighted by Crippen LogP contribution is 2.55. The van der Waals surface area contributed by atoms with Crippen molar-refractivity contribution in [1.29, 1.82) is 0 Å². The second-order valence-corrected chi connectivity index (χ2v) is 22.8. The molecule has 0 bridgehead atoms. The number of benzene rings is 7. The number of fused-ring (bicyclic) bond motifs is 14. The Morgan fingerprint density at radius 1 is 0.355 bits per heavy atom. The van der Waals surface area contributed by atoms with Crippen molar-refractivity contribution in [2.24, 2.45) is 0 Å². The summed E-state index contributed by atoms with van der Waals surface area (Å²) in [6.45, 7) is 0. The molecule has 14 rings (SSSR count). The lowest BCUT2D eigenvalue weighted by Gasteiger charge is -2.18. The van der Waals surface area contributed by atoms with Crippen LogP contribution >= 0.6 is 68.4 Å². The fraction of sp³-hybridized carbons (Fsp3) is 0.0357. The van der Waals surface area contributed by atoms with Gasteiger partial charge in [0.2, 0.25) is 0 Å². The van der Waals surface area contributed by atoms with E-state index >= 15 is 0 Å². The lowest BCUT2D eigenvalue weighted by atomic mass is 9.89. The molecule has 2 unspecified atom stereocenters. The van der Waals surface area contributed by atoms with E-state index in [2.05, 4.69) is 194 Å². The van der Waals surface area contributed by atoms with E-state index in [0.717, 1.165) is 0 Å². The summed E-state index contributed by atoms with van der Waals surface area (Å²) in [5.41, 5.74) is 9.20. The minimum absolute atomic E-state index is 0.383. The molecule has 0 saturated carbocycles. The molecule has 0 N–H and O–H groups in total. The van der Waals surface area contributed by atoms with Crippen LogP contribution in [0.1, 0.15) is 16.4 Å². The Labute approximate surface area is 382 Å². The average Bonchev–Trinajstić information content (AvgIpc) is 4.19. The summed E-state index contributed by atoms with van der Waals surface area (Å²) in [5, 5.41) is 8.61. The highest BCUT2D eigenvalue weighted by atomic mass is 32.2. The van der Waals surface area contributed by atoms with Crippen LogP contribution in [0.2, 0.25) is 0 Å². The van der Waals surface area contributed by atoms with Crippen LogP contribution in [-0.4, -0.2) is 5.25 Å². The van der Waals surface area contributed by atoms with Gasteiger partial charge in [0.1, 0.15) is 0 Å². The Balaban J connectivity index is 0.753. The van der Waals surface area contributed by atoms with Gasteiger partial charge in [0.15, 0.2) is 0 Å². The molecule has 5 aromatic heterocycles. The molecule has 6 heterocycles. The van der Waals surface area contributed by atoms with Gasteiger partial charge in [-0.05, 0) is 99.6 Å². The quantitative estimate of drug-likeness (QED) is 0.166. The molecule has 0 radical (unpaired) electrons. The van der Waals surface area contributed by atoms with Crippen LogP contribution in [0.5, 0.6) is 0 Å². The van der Waals surface area contributed by atoms with Crippen molar-refractivity contribution in [2.45, 2.75) is 16.1 Å². The van der Waals surface area contributed by atoms with Crippen LogP contribution in [0.25, 0.3) is 109 Å². The topological polar surface area (TPSA) is 0 Å². The SMILES string of the molecule is C1=CC2Sc3c(ccc4c3sc3ccc(-c5ccccc5)cc34)C2C=C1c1ccc(-c2ccc(-c3ccc4sc5c(ccc6c7cc(-c8ccccc8)ccc7sc65)c4c3)s2)s1. The first-order valence-electron chi connectivity index (χ1n) is 20.9. The van der Waals surface area contributed by atoms with Crippen molar-refractivity contribution in [2.75, 3.05) is 0 Å². The summed E-state index contributed by atoms with van der Waals surface area (Å²) in [7, 11) is 0. The lowest BCUT2D eigenvalue weighted by Crippen LogP contribution is -2.08. The zero-order valence-corrected chi connectivity index (χ0v) is 37.8. The highest BCUT2D eigenvalue weighted by molar-refractivity contribution is 8.00. The van der Waals surface area contributed by atoms with Crippen molar-refractivity contribution in [3.8, 4) is 42.4 Å². The van der Waals surface area contributed by atoms with Crippen LogP contribution in [-0.2, 0) is 0 Å². The van der Waals surface area contributed by atoms with Crippen molar-refractivity contribution >= 4 is 135 Å². The Morgan fingerprint density at radius 2 is 0.855 bits per heavy atom. The van der Waals surface area contributed by atoms with E-state index < -0.39 is 0 Å². The molecule has 0 amide bonds. The summed E-state index contributed by atoms with van der Waals surface area (Å²) >= 11 is 11.7. The molecule has 1 aliphatic heterocycles. The summed E-state index contributed by atoms with van der Waals surface area (Å²) in [6, 6.07) is 61.3. The minimum atomic E-state index is 0.383. The maximum atomic E-state index is 2.54. The summed E-state index contributed by atoms with van der Waals surface area (Å²) < 4.78 is 8.31. The van der Waals surface area contributed by atoms with Gasteiger partial charge in [-0.3, -0.25) is 0 Å². The normalized spacial score (nSPS) is 16.0. The molecule has 7 aromatic carbocycles. The van der Waals surface area contributed by atoms with Gasteiger partial charge < -0.3 is 0 Å². The number of thioether (sulfide) groups is 1. The predicted octanol–water partition coefficient (Wildman–Crippen LogP) is 18.8. The predicted molar refractivity (Wildman–Crippen MR) is 279 cm³/mol. The molecule has 6 heteroatoms. The monoisotopic (exact) mass is 896 g/mol. The molecule has 2 aliphatic rings. The molecule has 0 saturated heterocycles. The van der Waals surface area contributed by atoms with Gasteiger partial charge in [-0.15, -0.1) is 68.4 Å². The first kappa shape index (κ1) is 36.0. The largest absolute Gasteiger partial charge is 0.134 e. The smallest absolute Gasteiger partial charge is 0.0534 e. The first-order chi connectivity index (χ1) is 30.7. The minimum Gasteiger partial charge on any atom is -0.134 e. The maximum Gasteiger partial charge on any atom is 0.0534 e. The number of hydrogen-bond acceptors (Lipinski definition) is 6. The molecular weight excluding hydrogens is 865 g/mol. The third-order valence-electron chi connectivity index (χ3n) is 12.7. The molecule has 12 aromatic rings. The standard InChI is InChI=1S/C56H32S6/c1-3-7-31(8-4-1)33-11-19-47-41(27-33)37-15-17-39-43-29-35(13-21-49(43)61-55(39)53(37)59-47)45-23-25-51(57-45)52-26-24-46(58-52)36-14-22-50-44(30-36)40-18-16-38-42-28-34(32-9-5-2-6-10-32)12-20-48(42)60-54(38)56(40)62-50/h1-30,43,49H. The fourth-order valence-corrected chi connectivity index (χ4v) is 17.0. The van der Waals surface area contributed by atoms with Crippen LogP contribution in [0.15, 0.2) is 187 Å². The van der Waals surface area contributed by atoms with Gasteiger partial charge in [-0.25, -0.2) is 0 Å². The van der Waals surface area contributed by atoms with Gasteiger partial charge in [0.25, 0.3) is 0 Å². The fourth-order valence-electron chi connectivity index (χ4n) is 9.65. The molecular formula is C56H32S6. The van der Waals surface area contributed by atoms with Crippen molar-refractivity contribution in [3.05, 3.63) is 192 Å². The van der Waals surface area contributed by atoms with Gasteiger partial charge in [0.05, 0.1) is 9.40 Å². The van der Waals surface area contributed by atoms with Crippen LogP contribution in [0, 0.1) is 0 Å². The summed E-state index contributed by atoms with van der Waals surface area (Å²) in [4.78, 5) is 6.79. The zero-order valence-electron chi connectivity index (χ0n) is 32.9. The van der Waals surface area contributed by atoms with Crippen molar-refractivity contribution < 1.29 is 0 Å². The van der Waals surface area contributed by atoms with Gasteiger partial charge in [0, 0.05) is 86.7 Å². The number of allylic oxidation sites excluding steroid dienone is 3. The van der Waals surface area contributed by atoms with E-state index in [0.29, 0.717) is 11.2 Å². The van der Waals surface area contributed by atoms with Crippen LogP contribution in [0.3, 0.4) is 0 Å². The first-order valence-corrected chi connectivity index (χ1v) is 25.8. The van der Waals surface area contributed by atoms with Gasteiger partial charge >= 0.3 is 0 Å². The molecule has 0 fully saturated rings. The summed E-state index contributed by atoms with van der Waals surface area (Å²) in [6.07, 6.45) is 7.37. The van der Waals surface area contributed by atoms with E-state index in [-0.39, 0.29) is 0 Å². The molecule has 62 heavy (non-hydrogen) atoms.